The van der Waals surface area contributed by atoms with E-state index in [1.54, 1.807) is 0 Å². The van der Waals surface area contributed by atoms with Crippen molar-refractivity contribution in [3.05, 3.63) is 36.5 Å². The number of likely N-dealkylation sites (N-methyl/N-ethyl adjacent to an activating group) is 1. The number of phosphoric acid groups is 1. The first-order chi connectivity index (χ1) is 44.0. The van der Waals surface area contributed by atoms with Crippen LogP contribution in [-0.2, 0) is 32.7 Å². The number of esters is 2. The molecule has 532 valence electrons. The normalized spacial score (nSPS) is 13.2. The molecular weight excluding hydrogens is 1130 g/mol. The molecule has 0 spiro atoms. The van der Waals surface area contributed by atoms with Gasteiger partial charge in [-0.1, -0.05) is 384 Å². The molecule has 0 aliphatic carbocycles. The molecule has 10 heteroatoms. The second-order valence-corrected chi connectivity index (χ2v) is 29.9. The van der Waals surface area contributed by atoms with Crippen LogP contribution in [0.5, 0.6) is 0 Å². The van der Waals surface area contributed by atoms with E-state index in [9.17, 15) is 19.0 Å². The van der Waals surface area contributed by atoms with E-state index in [0.717, 1.165) is 44.9 Å². The van der Waals surface area contributed by atoms with E-state index < -0.39 is 26.5 Å². The van der Waals surface area contributed by atoms with E-state index in [1.165, 1.54) is 334 Å². The van der Waals surface area contributed by atoms with Gasteiger partial charge in [-0.25, -0.2) is 4.57 Å². The Hall–Kier alpha value is -1.77. The summed E-state index contributed by atoms with van der Waals surface area (Å²) in [6.07, 6.45) is 92.9. The molecule has 0 aromatic heterocycles. The molecule has 0 aromatic rings. The van der Waals surface area contributed by atoms with Crippen molar-refractivity contribution in [1.82, 2.24) is 0 Å². The molecule has 0 aliphatic rings. The molecule has 0 bridgehead atoms. The average molecular weight is 1290 g/mol. The highest BCUT2D eigenvalue weighted by molar-refractivity contribution is 7.47. The molecule has 0 aromatic carbocycles. The van der Waals surface area contributed by atoms with Crippen molar-refractivity contribution in [1.29, 1.82) is 0 Å². The largest absolute Gasteiger partial charge is 0.472 e. The highest BCUT2D eigenvalue weighted by Crippen LogP contribution is 2.43. The monoisotopic (exact) mass is 1290 g/mol. The summed E-state index contributed by atoms with van der Waals surface area (Å²) in [6.45, 7) is 4.50. The Bertz CT molecular complexity index is 1610. The van der Waals surface area contributed by atoms with E-state index in [0.29, 0.717) is 23.9 Å². The summed E-state index contributed by atoms with van der Waals surface area (Å²) in [5.74, 6) is -0.773. The van der Waals surface area contributed by atoms with Gasteiger partial charge in [0.2, 0.25) is 0 Å². The lowest BCUT2D eigenvalue weighted by molar-refractivity contribution is -0.870. The number of rotatable bonds is 75. The highest BCUT2D eigenvalue weighted by atomic mass is 31.2. The van der Waals surface area contributed by atoms with Gasteiger partial charge in [-0.15, -0.1) is 0 Å². The number of phosphoric ester groups is 1. The summed E-state index contributed by atoms with van der Waals surface area (Å²) < 4.78 is 34.8. The molecule has 0 amide bonds. The van der Waals surface area contributed by atoms with Crippen LogP contribution in [0.2, 0.25) is 0 Å². The topological polar surface area (TPSA) is 108 Å². The Morgan fingerprint density at radius 1 is 0.344 bits per heavy atom. The number of quaternary nitrogens is 1. The molecule has 0 radical (unpaired) electrons. The van der Waals surface area contributed by atoms with E-state index in [1.807, 2.05) is 21.1 Å². The third-order valence-corrected chi connectivity index (χ3v) is 19.2. The Morgan fingerprint density at radius 3 is 0.889 bits per heavy atom. The first-order valence-corrected chi connectivity index (χ1v) is 41.2. The van der Waals surface area contributed by atoms with Crippen LogP contribution in [0.3, 0.4) is 0 Å². The summed E-state index contributed by atoms with van der Waals surface area (Å²) in [4.78, 5) is 36.0. The molecule has 0 fully saturated rings. The van der Waals surface area contributed by atoms with E-state index in [2.05, 4.69) is 50.3 Å². The molecular formula is C80H155NO8P+. The molecule has 0 saturated heterocycles. The highest BCUT2D eigenvalue weighted by Gasteiger charge is 2.27. The van der Waals surface area contributed by atoms with Crippen LogP contribution >= 0.6 is 7.82 Å². The molecule has 0 saturated carbocycles. The van der Waals surface area contributed by atoms with Crippen molar-refractivity contribution >= 4 is 19.8 Å². The SMILES string of the molecule is CCCCCCC/C=C\C/C=C\C/C=C\CCCCCCCCCCCCCCCCCCC(=O)OC(COC(=O)CCCCCCCCCCCCCCCCCCCCCCCCCCCCCCCCCCCCC)COP(=O)(O)OCC[N+](C)(C)C. The van der Waals surface area contributed by atoms with Gasteiger partial charge >= 0.3 is 19.8 Å². The van der Waals surface area contributed by atoms with Crippen molar-refractivity contribution in [2.24, 2.45) is 0 Å². The van der Waals surface area contributed by atoms with Gasteiger partial charge in [-0.2, -0.15) is 0 Å². The number of carbonyl (C=O) groups excluding carboxylic acids is 2. The van der Waals surface area contributed by atoms with Gasteiger partial charge in [0.15, 0.2) is 6.10 Å². The van der Waals surface area contributed by atoms with Gasteiger partial charge in [0.05, 0.1) is 27.7 Å². The fourth-order valence-electron chi connectivity index (χ4n) is 12.1. The summed E-state index contributed by atoms with van der Waals surface area (Å²) >= 11 is 0. The molecule has 2 atom stereocenters. The lowest BCUT2D eigenvalue weighted by Gasteiger charge is -2.24. The Kier molecular flexibility index (Phi) is 70.1. The number of carbonyl (C=O) groups is 2. The zero-order valence-electron chi connectivity index (χ0n) is 60.9. The molecule has 0 rings (SSSR count). The van der Waals surface area contributed by atoms with Gasteiger partial charge < -0.3 is 18.9 Å². The van der Waals surface area contributed by atoms with E-state index in [-0.39, 0.29) is 25.6 Å². The van der Waals surface area contributed by atoms with Crippen LogP contribution in [0.1, 0.15) is 412 Å². The summed E-state index contributed by atoms with van der Waals surface area (Å²) in [6, 6.07) is 0. The van der Waals surface area contributed by atoms with Crippen molar-refractivity contribution in [3.8, 4) is 0 Å². The summed E-state index contributed by atoms with van der Waals surface area (Å²) in [5.41, 5.74) is 0. The van der Waals surface area contributed by atoms with Crippen LogP contribution in [-0.4, -0.2) is 74.9 Å². The van der Waals surface area contributed by atoms with Crippen molar-refractivity contribution < 1.29 is 42.1 Å². The molecule has 0 heterocycles. The average Bonchev–Trinajstić information content (AvgIpc) is 3.58. The minimum atomic E-state index is -4.39. The first kappa shape index (κ1) is 88.2. The maximum atomic E-state index is 12.9. The molecule has 2 unspecified atom stereocenters. The lowest BCUT2D eigenvalue weighted by Crippen LogP contribution is -2.37. The van der Waals surface area contributed by atoms with Gasteiger partial charge in [-0.05, 0) is 51.4 Å². The lowest BCUT2D eigenvalue weighted by atomic mass is 10.0. The van der Waals surface area contributed by atoms with Gasteiger partial charge in [0.1, 0.15) is 19.8 Å². The van der Waals surface area contributed by atoms with Crippen LogP contribution < -0.4 is 0 Å². The minimum Gasteiger partial charge on any atom is -0.462 e. The molecule has 90 heavy (non-hydrogen) atoms. The molecule has 9 nitrogen and oxygen atoms in total. The number of unbranched alkanes of at least 4 members (excludes halogenated alkanes) is 55. The zero-order chi connectivity index (χ0) is 65.5. The quantitative estimate of drug-likeness (QED) is 0.0211. The Morgan fingerprint density at radius 2 is 0.600 bits per heavy atom. The van der Waals surface area contributed by atoms with Gasteiger partial charge in [-0.3, -0.25) is 18.6 Å². The van der Waals surface area contributed by atoms with Crippen molar-refractivity contribution in [3.63, 3.8) is 0 Å². The number of hydrogen-bond donors (Lipinski definition) is 1. The predicted octanol–water partition coefficient (Wildman–Crippen LogP) is 26.2. The first-order valence-electron chi connectivity index (χ1n) is 39.7. The maximum absolute atomic E-state index is 12.9. The van der Waals surface area contributed by atoms with Gasteiger partial charge in [0, 0.05) is 12.8 Å². The van der Waals surface area contributed by atoms with E-state index in [4.69, 9.17) is 18.5 Å². The maximum Gasteiger partial charge on any atom is 0.472 e. The molecule has 1 N–H and O–H groups in total. The smallest absolute Gasteiger partial charge is 0.462 e. The van der Waals surface area contributed by atoms with Crippen LogP contribution in [0.4, 0.5) is 0 Å². The number of nitrogens with zero attached hydrogens (tertiary/aromatic N) is 1. The third-order valence-electron chi connectivity index (χ3n) is 18.2. The number of ether oxygens (including phenoxy) is 2. The second kappa shape index (κ2) is 71.5. The Balaban J connectivity index is 3.92. The predicted molar refractivity (Wildman–Crippen MR) is 390 cm³/mol. The standard InChI is InChI=1S/C80H154NO8P/c1-6-8-10-12-14-16-18-20-22-24-26-28-30-32-34-36-38-39-40-41-43-44-46-48-50-52-54-56-58-60-62-64-66-68-70-72-79(82)86-76-78(77-88-90(84,85)87-75-74-81(3,4)5)89-80(83)73-71-69-67-65-63-61-59-57-55-53-51-49-47-45-42-37-35-33-31-29-27-25-23-21-19-17-15-13-11-9-7-2/h19,21,25,27,31,33,78H,6-18,20,22-24,26,28-30,32,34-77H2,1-5H3/p+1/b21-19-,27-25-,33-31-. The minimum absolute atomic E-state index is 0.0346. The summed E-state index contributed by atoms with van der Waals surface area (Å²) in [5, 5.41) is 0. The van der Waals surface area contributed by atoms with Crippen molar-refractivity contribution in [2.75, 3.05) is 47.5 Å². The zero-order valence-corrected chi connectivity index (χ0v) is 61.8. The Labute approximate surface area is 561 Å². The van der Waals surface area contributed by atoms with Crippen LogP contribution in [0.25, 0.3) is 0 Å². The van der Waals surface area contributed by atoms with Gasteiger partial charge in [0.25, 0.3) is 0 Å². The molecule has 0 aliphatic heterocycles. The number of hydrogen-bond acceptors (Lipinski definition) is 7. The second-order valence-electron chi connectivity index (χ2n) is 28.5. The van der Waals surface area contributed by atoms with E-state index >= 15 is 0 Å². The fourth-order valence-corrected chi connectivity index (χ4v) is 12.8. The third kappa shape index (κ3) is 75.3. The van der Waals surface area contributed by atoms with Crippen LogP contribution in [0.15, 0.2) is 36.5 Å². The number of allylic oxidation sites excluding steroid dienone is 6. The fraction of sp³-hybridized carbons (Fsp3) is 0.900. The summed E-state index contributed by atoms with van der Waals surface area (Å²) in [7, 11) is 1.50. The van der Waals surface area contributed by atoms with Crippen molar-refractivity contribution in [2.45, 2.75) is 418 Å². The van der Waals surface area contributed by atoms with Crippen LogP contribution in [0, 0.1) is 0 Å².